The van der Waals surface area contributed by atoms with Gasteiger partial charge in [-0.2, -0.15) is 0 Å². The largest absolute Gasteiger partial charge is 0.436 e. The molecule has 0 aliphatic rings. The fourth-order valence-electron chi connectivity index (χ4n) is 2.75. The van der Waals surface area contributed by atoms with Crippen molar-refractivity contribution in [2.75, 3.05) is 11.1 Å². The zero-order valence-electron chi connectivity index (χ0n) is 14.8. The quantitative estimate of drug-likeness (QED) is 0.466. The van der Waals surface area contributed by atoms with Crippen LogP contribution < -0.4 is 5.32 Å². The molecular formula is C22H18N2O2S. The van der Waals surface area contributed by atoms with Crippen LogP contribution in [0.3, 0.4) is 0 Å². The number of nitrogens with zero attached hydrogens (tertiary/aromatic N) is 1. The Labute approximate surface area is 161 Å². The molecule has 0 saturated carbocycles. The number of benzene rings is 3. The molecule has 1 aromatic heterocycles. The second kappa shape index (κ2) is 7.68. The first-order valence-electron chi connectivity index (χ1n) is 8.63. The summed E-state index contributed by atoms with van der Waals surface area (Å²) in [6.45, 7) is 2.03. The third-order valence-electron chi connectivity index (χ3n) is 4.05. The minimum Gasteiger partial charge on any atom is -0.436 e. The summed E-state index contributed by atoms with van der Waals surface area (Å²) in [6.07, 6.45) is 0. The van der Waals surface area contributed by atoms with Crippen LogP contribution in [0.5, 0.6) is 0 Å². The van der Waals surface area contributed by atoms with Crippen LogP contribution in [0.15, 0.2) is 82.1 Å². The summed E-state index contributed by atoms with van der Waals surface area (Å²) in [5.41, 5.74) is 4.28. The third kappa shape index (κ3) is 4.20. The van der Waals surface area contributed by atoms with Crippen LogP contribution in [0.4, 0.5) is 5.69 Å². The molecule has 27 heavy (non-hydrogen) atoms. The molecule has 1 heterocycles. The van der Waals surface area contributed by atoms with Gasteiger partial charge in [0.15, 0.2) is 5.58 Å². The van der Waals surface area contributed by atoms with Gasteiger partial charge in [-0.1, -0.05) is 30.3 Å². The van der Waals surface area contributed by atoms with Gasteiger partial charge >= 0.3 is 0 Å². The Kier molecular flexibility index (Phi) is 4.94. The van der Waals surface area contributed by atoms with Crippen LogP contribution in [0.2, 0.25) is 0 Å². The van der Waals surface area contributed by atoms with Crippen LogP contribution >= 0.6 is 11.8 Å². The van der Waals surface area contributed by atoms with Gasteiger partial charge in [-0.05, 0) is 55.0 Å². The topological polar surface area (TPSA) is 55.1 Å². The van der Waals surface area contributed by atoms with E-state index in [0.29, 0.717) is 11.6 Å². The smallest absolute Gasteiger partial charge is 0.234 e. The summed E-state index contributed by atoms with van der Waals surface area (Å²) in [5.74, 6) is 0.857. The van der Waals surface area contributed by atoms with Crippen LogP contribution in [0.25, 0.3) is 22.6 Å². The Bertz CT molecular complexity index is 1090. The van der Waals surface area contributed by atoms with Gasteiger partial charge in [0, 0.05) is 16.1 Å². The highest BCUT2D eigenvalue weighted by atomic mass is 32.2. The highest BCUT2D eigenvalue weighted by molar-refractivity contribution is 8.00. The molecule has 3 aromatic carbocycles. The van der Waals surface area contributed by atoms with Crippen molar-refractivity contribution in [2.24, 2.45) is 0 Å². The number of nitrogens with one attached hydrogen (secondary N) is 1. The number of carbonyl (C=O) groups excluding carboxylic acids is 1. The minimum atomic E-state index is -0.0470. The standard InChI is InChI=1S/C22H18N2O2S/c1-15-10-11-20-19(12-15)24-22(26-20)16-6-5-7-17(13-16)23-21(25)14-27-18-8-3-2-4-9-18/h2-13H,14H2,1H3,(H,23,25). The molecule has 4 rings (SSSR count). The highest BCUT2D eigenvalue weighted by Gasteiger charge is 2.10. The number of amides is 1. The predicted octanol–water partition coefficient (Wildman–Crippen LogP) is 5.53. The second-order valence-corrected chi connectivity index (χ2v) is 7.27. The summed E-state index contributed by atoms with van der Waals surface area (Å²) in [6, 6.07) is 23.3. The first kappa shape index (κ1) is 17.4. The fourth-order valence-corrected chi connectivity index (χ4v) is 3.47. The molecule has 0 bridgehead atoms. The Balaban J connectivity index is 1.47. The molecule has 4 aromatic rings. The van der Waals surface area contributed by atoms with Crippen LogP contribution in [0.1, 0.15) is 5.56 Å². The molecule has 0 aliphatic carbocycles. The van der Waals surface area contributed by atoms with Crippen molar-refractivity contribution >= 4 is 34.5 Å². The van der Waals surface area contributed by atoms with Crippen molar-refractivity contribution < 1.29 is 9.21 Å². The zero-order valence-corrected chi connectivity index (χ0v) is 15.6. The first-order chi connectivity index (χ1) is 13.2. The number of rotatable bonds is 5. The number of hydrogen-bond acceptors (Lipinski definition) is 4. The lowest BCUT2D eigenvalue weighted by Crippen LogP contribution is -2.13. The molecule has 1 amide bonds. The highest BCUT2D eigenvalue weighted by Crippen LogP contribution is 2.27. The number of oxazole rings is 1. The van der Waals surface area contributed by atoms with E-state index in [1.807, 2.05) is 79.7 Å². The maximum atomic E-state index is 12.2. The summed E-state index contributed by atoms with van der Waals surface area (Å²) in [4.78, 5) is 17.9. The maximum Gasteiger partial charge on any atom is 0.234 e. The Morgan fingerprint density at radius 1 is 1.04 bits per heavy atom. The van der Waals surface area contributed by atoms with Crippen molar-refractivity contribution in [3.63, 3.8) is 0 Å². The molecule has 0 spiro atoms. The normalized spacial score (nSPS) is 10.9. The summed E-state index contributed by atoms with van der Waals surface area (Å²) >= 11 is 1.51. The van der Waals surface area contributed by atoms with E-state index in [1.165, 1.54) is 11.8 Å². The summed E-state index contributed by atoms with van der Waals surface area (Å²) < 4.78 is 5.85. The van der Waals surface area contributed by atoms with Gasteiger partial charge in [0.2, 0.25) is 11.8 Å². The van der Waals surface area contributed by atoms with Crippen molar-refractivity contribution in [3.05, 3.63) is 78.4 Å². The maximum absolute atomic E-state index is 12.2. The van der Waals surface area contributed by atoms with Crippen molar-refractivity contribution in [3.8, 4) is 11.5 Å². The van der Waals surface area contributed by atoms with E-state index in [9.17, 15) is 4.79 Å². The molecule has 0 fully saturated rings. The van der Waals surface area contributed by atoms with Gasteiger partial charge in [0.25, 0.3) is 0 Å². The Morgan fingerprint density at radius 3 is 2.74 bits per heavy atom. The lowest BCUT2D eigenvalue weighted by molar-refractivity contribution is -0.113. The lowest BCUT2D eigenvalue weighted by atomic mass is 10.2. The summed E-state index contributed by atoms with van der Waals surface area (Å²) in [5, 5.41) is 2.94. The molecule has 0 atom stereocenters. The molecular weight excluding hydrogens is 356 g/mol. The Hall–Kier alpha value is -3.05. The number of aromatic nitrogens is 1. The van der Waals surface area contributed by atoms with Gasteiger partial charge in [-0.3, -0.25) is 4.79 Å². The van der Waals surface area contributed by atoms with Gasteiger partial charge in [-0.25, -0.2) is 4.98 Å². The van der Waals surface area contributed by atoms with Crippen molar-refractivity contribution in [2.45, 2.75) is 11.8 Å². The van der Waals surface area contributed by atoms with E-state index in [2.05, 4.69) is 10.3 Å². The second-order valence-electron chi connectivity index (χ2n) is 6.22. The molecule has 0 saturated heterocycles. The number of aryl methyl sites for hydroxylation is 1. The molecule has 134 valence electrons. The average Bonchev–Trinajstić information content (AvgIpc) is 3.11. The molecule has 0 radical (unpaired) electrons. The first-order valence-corrected chi connectivity index (χ1v) is 9.61. The van der Waals surface area contributed by atoms with E-state index in [1.54, 1.807) is 0 Å². The SMILES string of the molecule is Cc1ccc2oc(-c3cccc(NC(=O)CSc4ccccc4)c3)nc2c1. The van der Waals surface area contributed by atoms with Gasteiger partial charge < -0.3 is 9.73 Å². The van der Waals surface area contributed by atoms with Crippen molar-refractivity contribution in [1.82, 2.24) is 4.98 Å². The zero-order chi connectivity index (χ0) is 18.6. The average molecular weight is 374 g/mol. The molecule has 5 heteroatoms. The third-order valence-corrected chi connectivity index (χ3v) is 5.06. The van der Waals surface area contributed by atoms with E-state index >= 15 is 0 Å². The predicted molar refractivity (Wildman–Crippen MR) is 110 cm³/mol. The van der Waals surface area contributed by atoms with Crippen LogP contribution in [-0.2, 0) is 4.79 Å². The van der Waals surface area contributed by atoms with E-state index < -0.39 is 0 Å². The van der Waals surface area contributed by atoms with Gasteiger partial charge in [0.1, 0.15) is 5.52 Å². The van der Waals surface area contributed by atoms with E-state index in [0.717, 1.165) is 32.8 Å². The monoisotopic (exact) mass is 374 g/mol. The Morgan fingerprint density at radius 2 is 1.89 bits per heavy atom. The van der Waals surface area contributed by atoms with Gasteiger partial charge in [0.05, 0.1) is 5.75 Å². The lowest BCUT2D eigenvalue weighted by Gasteiger charge is -2.06. The van der Waals surface area contributed by atoms with Crippen LogP contribution in [-0.4, -0.2) is 16.6 Å². The molecule has 0 aliphatic heterocycles. The van der Waals surface area contributed by atoms with E-state index in [-0.39, 0.29) is 5.91 Å². The number of hydrogen-bond donors (Lipinski definition) is 1. The minimum absolute atomic E-state index is 0.0470. The fraction of sp³-hybridized carbons (Fsp3) is 0.0909. The number of anilines is 1. The van der Waals surface area contributed by atoms with Crippen LogP contribution in [0, 0.1) is 6.92 Å². The van der Waals surface area contributed by atoms with E-state index in [4.69, 9.17) is 4.42 Å². The van der Waals surface area contributed by atoms with Crippen molar-refractivity contribution in [1.29, 1.82) is 0 Å². The summed E-state index contributed by atoms with van der Waals surface area (Å²) in [7, 11) is 0. The number of fused-ring (bicyclic) bond motifs is 1. The molecule has 0 unspecified atom stereocenters. The number of carbonyl (C=O) groups is 1. The van der Waals surface area contributed by atoms with Gasteiger partial charge in [-0.15, -0.1) is 11.8 Å². The molecule has 4 nitrogen and oxygen atoms in total. The number of thioether (sulfide) groups is 1. The molecule has 1 N–H and O–H groups in total.